The van der Waals surface area contributed by atoms with Crippen molar-refractivity contribution in [3.63, 3.8) is 0 Å². The van der Waals surface area contributed by atoms with Crippen molar-refractivity contribution in [2.75, 3.05) is 11.4 Å². The Hall–Kier alpha value is -2.34. The Morgan fingerprint density at radius 3 is 2.72 bits per heavy atom. The monoisotopic (exact) mass is 236 g/mol. The first-order chi connectivity index (χ1) is 8.72. The minimum absolute atomic E-state index is 0.00361. The molecule has 0 spiro atoms. The molecular weight excluding hydrogens is 224 g/mol. The van der Waals surface area contributed by atoms with Gasteiger partial charge in [-0.3, -0.25) is 4.79 Å². The lowest BCUT2D eigenvalue weighted by atomic mass is 10.1. The van der Waals surface area contributed by atoms with Gasteiger partial charge in [-0.25, -0.2) is 0 Å². The Bertz CT molecular complexity index is 679. The summed E-state index contributed by atoms with van der Waals surface area (Å²) < 4.78 is 0. The molecule has 0 aromatic heterocycles. The van der Waals surface area contributed by atoms with Crippen molar-refractivity contribution < 1.29 is 4.79 Å². The molecule has 1 unspecified atom stereocenters. The van der Waals surface area contributed by atoms with Gasteiger partial charge >= 0.3 is 0 Å². The summed E-state index contributed by atoms with van der Waals surface area (Å²) in [6.45, 7) is 2.28. The van der Waals surface area contributed by atoms with E-state index in [1.807, 2.05) is 43.3 Å². The zero-order valence-electron chi connectivity index (χ0n) is 10.1. The maximum atomic E-state index is 12.3. The lowest BCUT2D eigenvalue weighted by Gasteiger charge is -2.18. The highest BCUT2D eigenvalue weighted by molar-refractivity contribution is 6.25. The van der Waals surface area contributed by atoms with Gasteiger partial charge in [0.25, 0.3) is 5.91 Å². The number of rotatable bonds is 2. The van der Waals surface area contributed by atoms with Crippen LogP contribution in [0, 0.1) is 17.2 Å². The Labute approximate surface area is 105 Å². The van der Waals surface area contributed by atoms with Crippen LogP contribution in [0.1, 0.15) is 17.3 Å². The van der Waals surface area contributed by atoms with Gasteiger partial charge in [0, 0.05) is 17.5 Å². The standard InChI is InChI=1S/C15H12N2O/c1-10(8-16)9-17-13-7-3-5-11-4-2-6-12(14(11)13)15(17)18/h2-7,10H,9H2,1H3. The minimum Gasteiger partial charge on any atom is -0.306 e. The topological polar surface area (TPSA) is 44.1 Å². The molecule has 1 amide bonds. The molecule has 3 heteroatoms. The molecule has 1 heterocycles. The molecule has 0 fully saturated rings. The van der Waals surface area contributed by atoms with E-state index in [4.69, 9.17) is 5.26 Å². The van der Waals surface area contributed by atoms with Crippen molar-refractivity contribution in [2.45, 2.75) is 6.92 Å². The van der Waals surface area contributed by atoms with Crippen molar-refractivity contribution in [1.82, 2.24) is 0 Å². The normalized spacial score (nSPS) is 14.9. The Morgan fingerprint density at radius 2 is 2.00 bits per heavy atom. The van der Waals surface area contributed by atoms with Crippen LogP contribution < -0.4 is 4.90 Å². The van der Waals surface area contributed by atoms with E-state index in [2.05, 4.69) is 6.07 Å². The van der Waals surface area contributed by atoms with Crippen LogP contribution in [0.4, 0.5) is 5.69 Å². The molecule has 2 aromatic rings. The number of hydrogen-bond acceptors (Lipinski definition) is 2. The van der Waals surface area contributed by atoms with Gasteiger partial charge in [-0.05, 0) is 24.4 Å². The van der Waals surface area contributed by atoms with E-state index in [-0.39, 0.29) is 11.8 Å². The van der Waals surface area contributed by atoms with Gasteiger partial charge in [0.05, 0.1) is 17.7 Å². The minimum atomic E-state index is -0.168. The van der Waals surface area contributed by atoms with Crippen molar-refractivity contribution in [3.8, 4) is 6.07 Å². The summed E-state index contributed by atoms with van der Waals surface area (Å²) >= 11 is 0. The van der Waals surface area contributed by atoms with Gasteiger partial charge in [0.2, 0.25) is 0 Å². The number of nitriles is 1. The maximum Gasteiger partial charge on any atom is 0.259 e. The van der Waals surface area contributed by atoms with Crippen LogP contribution in [0.15, 0.2) is 36.4 Å². The average molecular weight is 236 g/mol. The summed E-state index contributed by atoms with van der Waals surface area (Å²) in [6, 6.07) is 13.8. The summed E-state index contributed by atoms with van der Waals surface area (Å²) in [5.41, 5.74) is 1.67. The highest BCUT2D eigenvalue weighted by atomic mass is 16.2. The predicted molar refractivity (Wildman–Crippen MR) is 70.4 cm³/mol. The summed E-state index contributed by atoms with van der Waals surface area (Å²) in [5, 5.41) is 11.0. The number of anilines is 1. The molecule has 18 heavy (non-hydrogen) atoms. The molecule has 1 atom stereocenters. The second-order valence-electron chi connectivity index (χ2n) is 4.63. The van der Waals surface area contributed by atoms with Gasteiger partial charge in [-0.15, -0.1) is 0 Å². The predicted octanol–water partition coefficient (Wildman–Crippen LogP) is 2.96. The zero-order chi connectivity index (χ0) is 12.7. The fourth-order valence-electron chi connectivity index (χ4n) is 2.48. The summed E-state index contributed by atoms with van der Waals surface area (Å²) in [4.78, 5) is 14.1. The van der Waals surface area contributed by atoms with Crippen LogP contribution in [-0.4, -0.2) is 12.5 Å². The average Bonchev–Trinajstić information content (AvgIpc) is 2.67. The third-order valence-electron chi connectivity index (χ3n) is 3.33. The largest absolute Gasteiger partial charge is 0.306 e. The SMILES string of the molecule is CC(C#N)CN1C(=O)c2cccc3cccc1c23. The number of amides is 1. The van der Waals surface area contributed by atoms with Gasteiger partial charge < -0.3 is 4.90 Å². The molecule has 2 aromatic carbocycles. The number of hydrogen-bond donors (Lipinski definition) is 0. The number of benzene rings is 2. The van der Waals surface area contributed by atoms with E-state index in [1.165, 1.54) is 0 Å². The lowest BCUT2D eigenvalue weighted by Crippen LogP contribution is -2.30. The van der Waals surface area contributed by atoms with E-state index in [0.717, 1.165) is 22.0 Å². The smallest absolute Gasteiger partial charge is 0.259 e. The van der Waals surface area contributed by atoms with E-state index in [1.54, 1.807) is 4.90 Å². The van der Waals surface area contributed by atoms with Crippen molar-refractivity contribution in [3.05, 3.63) is 42.0 Å². The van der Waals surface area contributed by atoms with Crippen LogP contribution in [-0.2, 0) is 0 Å². The molecule has 0 bridgehead atoms. The Balaban J connectivity index is 2.17. The van der Waals surface area contributed by atoms with Crippen LogP contribution >= 0.6 is 0 Å². The molecule has 1 aliphatic heterocycles. The van der Waals surface area contributed by atoms with Crippen LogP contribution in [0.25, 0.3) is 10.8 Å². The highest BCUT2D eigenvalue weighted by Gasteiger charge is 2.30. The highest BCUT2D eigenvalue weighted by Crippen LogP contribution is 2.37. The molecule has 0 saturated heterocycles. The maximum absolute atomic E-state index is 12.3. The van der Waals surface area contributed by atoms with Crippen LogP contribution in [0.5, 0.6) is 0 Å². The quantitative estimate of drug-likeness (QED) is 0.804. The molecule has 88 valence electrons. The molecule has 3 nitrogen and oxygen atoms in total. The fraction of sp³-hybridized carbons (Fsp3) is 0.200. The molecule has 3 rings (SSSR count). The first-order valence-electron chi connectivity index (χ1n) is 5.95. The van der Waals surface area contributed by atoms with Crippen LogP contribution in [0.3, 0.4) is 0 Å². The van der Waals surface area contributed by atoms with Crippen molar-refractivity contribution >= 4 is 22.4 Å². The number of nitrogens with zero attached hydrogens (tertiary/aromatic N) is 2. The number of carbonyl (C=O) groups excluding carboxylic acids is 1. The fourth-order valence-corrected chi connectivity index (χ4v) is 2.48. The van der Waals surface area contributed by atoms with E-state index in [9.17, 15) is 4.79 Å². The van der Waals surface area contributed by atoms with Crippen LogP contribution in [0.2, 0.25) is 0 Å². The third kappa shape index (κ3) is 1.39. The number of carbonyl (C=O) groups is 1. The van der Waals surface area contributed by atoms with Crippen molar-refractivity contribution in [1.29, 1.82) is 5.26 Å². The van der Waals surface area contributed by atoms with Gasteiger partial charge in [-0.2, -0.15) is 5.26 Å². The summed E-state index contributed by atoms with van der Waals surface area (Å²) in [6.07, 6.45) is 0. The van der Waals surface area contributed by atoms with E-state index < -0.39 is 0 Å². The molecule has 0 radical (unpaired) electrons. The van der Waals surface area contributed by atoms with Crippen molar-refractivity contribution in [2.24, 2.45) is 5.92 Å². The second kappa shape index (κ2) is 3.85. The zero-order valence-corrected chi connectivity index (χ0v) is 10.1. The summed E-state index contributed by atoms with van der Waals surface area (Å²) in [7, 11) is 0. The first-order valence-corrected chi connectivity index (χ1v) is 5.95. The molecule has 0 aliphatic carbocycles. The molecule has 0 N–H and O–H groups in total. The lowest BCUT2D eigenvalue weighted by molar-refractivity contribution is 0.0991. The second-order valence-corrected chi connectivity index (χ2v) is 4.63. The third-order valence-corrected chi connectivity index (χ3v) is 3.33. The van der Waals surface area contributed by atoms with Gasteiger partial charge in [0.1, 0.15) is 0 Å². The Kier molecular flexibility index (Phi) is 2.31. The Morgan fingerprint density at radius 1 is 1.28 bits per heavy atom. The van der Waals surface area contributed by atoms with Gasteiger partial charge in [0.15, 0.2) is 0 Å². The van der Waals surface area contributed by atoms with Gasteiger partial charge in [-0.1, -0.05) is 24.3 Å². The molecular formula is C15H12N2O. The molecule has 0 saturated carbocycles. The first kappa shape index (κ1) is 10.8. The van der Waals surface area contributed by atoms with E-state index >= 15 is 0 Å². The van der Waals surface area contributed by atoms with E-state index in [0.29, 0.717) is 6.54 Å². The summed E-state index contributed by atoms with van der Waals surface area (Å²) in [5.74, 6) is -0.164. The molecule has 1 aliphatic rings.